The van der Waals surface area contributed by atoms with Gasteiger partial charge in [-0.15, -0.1) is 0 Å². The first-order chi connectivity index (χ1) is 15.7. The first-order valence-electron chi connectivity index (χ1n) is 11.5. The molecule has 3 aliphatic rings. The second-order valence-electron chi connectivity index (χ2n) is 8.77. The molecule has 32 heavy (non-hydrogen) atoms. The summed E-state index contributed by atoms with van der Waals surface area (Å²) >= 11 is 0. The van der Waals surface area contributed by atoms with Gasteiger partial charge in [-0.25, -0.2) is 10.9 Å². The number of hydrazine groups is 1. The number of carbonyl (C=O) groups is 1. The fourth-order valence-electron chi connectivity index (χ4n) is 5.04. The normalized spacial score (nSPS) is 24.8. The summed E-state index contributed by atoms with van der Waals surface area (Å²) in [7, 11) is 0. The van der Waals surface area contributed by atoms with Gasteiger partial charge >= 0.3 is 0 Å². The molecule has 2 aromatic rings. The van der Waals surface area contributed by atoms with Crippen molar-refractivity contribution in [2.75, 3.05) is 39.3 Å². The molecule has 2 fully saturated rings. The minimum absolute atomic E-state index is 0.0959. The molecule has 0 spiro atoms. The van der Waals surface area contributed by atoms with E-state index >= 15 is 0 Å². The van der Waals surface area contributed by atoms with Crippen molar-refractivity contribution in [2.45, 2.75) is 24.9 Å². The van der Waals surface area contributed by atoms with Gasteiger partial charge in [0, 0.05) is 49.6 Å². The van der Waals surface area contributed by atoms with Gasteiger partial charge in [0.15, 0.2) is 0 Å². The van der Waals surface area contributed by atoms with Crippen LogP contribution in [0.2, 0.25) is 0 Å². The Morgan fingerprint density at radius 1 is 1.03 bits per heavy atom. The van der Waals surface area contributed by atoms with Crippen molar-refractivity contribution in [3.63, 3.8) is 0 Å². The van der Waals surface area contributed by atoms with Gasteiger partial charge in [-0.1, -0.05) is 30.3 Å². The van der Waals surface area contributed by atoms with Crippen LogP contribution in [0.25, 0.3) is 0 Å². The van der Waals surface area contributed by atoms with Gasteiger partial charge in [0.2, 0.25) is 0 Å². The number of piperazine rings is 1. The summed E-state index contributed by atoms with van der Waals surface area (Å²) in [5.41, 5.74) is 9.98. The van der Waals surface area contributed by atoms with E-state index in [1.165, 1.54) is 5.56 Å². The van der Waals surface area contributed by atoms with Crippen LogP contribution in [0.15, 0.2) is 48.5 Å². The molecule has 0 aromatic heterocycles. The van der Waals surface area contributed by atoms with Crippen LogP contribution in [0.1, 0.15) is 46.4 Å². The van der Waals surface area contributed by atoms with Crippen molar-refractivity contribution in [3.05, 3.63) is 65.2 Å². The van der Waals surface area contributed by atoms with Gasteiger partial charge < -0.3 is 9.64 Å². The molecule has 7 nitrogen and oxygen atoms in total. The average Bonchev–Trinajstić information content (AvgIpc) is 3.29. The van der Waals surface area contributed by atoms with Gasteiger partial charge in [0.25, 0.3) is 5.91 Å². The SMILES string of the molecule is N#CCCCN1CCN(C(=O)c2ccc(C3NNC4c5ccccc5OCC34)cc2)CC1. The molecule has 0 aliphatic carbocycles. The number of nitrogens with one attached hydrogen (secondary N) is 2. The average molecular weight is 432 g/mol. The Morgan fingerprint density at radius 3 is 2.56 bits per heavy atom. The molecule has 2 aromatic carbocycles. The van der Waals surface area contributed by atoms with E-state index in [0.717, 1.165) is 56.0 Å². The zero-order valence-corrected chi connectivity index (χ0v) is 18.2. The molecule has 1 amide bonds. The first-order valence-corrected chi connectivity index (χ1v) is 11.5. The second-order valence-corrected chi connectivity index (χ2v) is 8.77. The maximum absolute atomic E-state index is 13.0. The van der Waals surface area contributed by atoms with E-state index in [1.54, 1.807) is 0 Å². The molecule has 0 radical (unpaired) electrons. The number of fused-ring (bicyclic) bond motifs is 3. The Hall–Kier alpha value is -2.92. The third-order valence-electron chi connectivity index (χ3n) is 6.88. The van der Waals surface area contributed by atoms with Gasteiger partial charge in [0.1, 0.15) is 5.75 Å². The number of nitrogens with zero attached hydrogens (tertiary/aromatic N) is 3. The number of nitriles is 1. The van der Waals surface area contributed by atoms with Gasteiger partial charge in [-0.05, 0) is 36.7 Å². The highest BCUT2D eigenvalue weighted by Gasteiger charge is 2.41. The van der Waals surface area contributed by atoms with E-state index in [9.17, 15) is 4.79 Å². The molecule has 5 rings (SSSR count). The fourth-order valence-corrected chi connectivity index (χ4v) is 5.04. The number of rotatable bonds is 5. The predicted octanol–water partition coefficient (Wildman–Crippen LogP) is 2.65. The molecule has 3 heterocycles. The van der Waals surface area contributed by atoms with Crippen LogP contribution in [0.3, 0.4) is 0 Å². The molecule has 3 atom stereocenters. The Kier molecular flexibility index (Phi) is 6.08. The third kappa shape index (κ3) is 4.09. The van der Waals surface area contributed by atoms with E-state index < -0.39 is 0 Å². The molecular weight excluding hydrogens is 402 g/mol. The summed E-state index contributed by atoms with van der Waals surface area (Å²) < 4.78 is 6.01. The van der Waals surface area contributed by atoms with Crippen LogP contribution >= 0.6 is 0 Å². The number of para-hydroxylation sites is 1. The highest BCUT2D eigenvalue weighted by molar-refractivity contribution is 5.94. The number of benzene rings is 2. The summed E-state index contributed by atoms with van der Waals surface area (Å²) in [6, 6.07) is 18.8. The molecule has 2 N–H and O–H groups in total. The molecule has 0 saturated carbocycles. The number of unbranched alkanes of at least 4 members (excludes halogenated alkanes) is 1. The Labute approximate surface area is 188 Å². The zero-order valence-electron chi connectivity index (χ0n) is 18.2. The van der Waals surface area contributed by atoms with Crippen molar-refractivity contribution in [3.8, 4) is 11.8 Å². The summed E-state index contributed by atoms with van der Waals surface area (Å²) in [5.74, 6) is 1.34. The van der Waals surface area contributed by atoms with Crippen LogP contribution in [0.5, 0.6) is 5.75 Å². The van der Waals surface area contributed by atoms with Gasteiger partial charge in [-0.3, -0.25) is 9.69 Å². The van der Waals surface area contributed by atoms with Crippen molar-refractivity contribution >= 4 is 5.91 Å². The highest BCUT2D eigenvalue weighted by Crippen LogP contribution is 2.43. The molecule has 166 valence electrons. The fraction of sp³-hybridized carbons (Fsp3) is 0.440. The number of hydrogen-bond donors (Lipinski definition) is 2. The smallest absolute Gasteiger partial charge is 0.253 e. The standard InChI is InChI=1S/C25H29N5O2/c26-11-3-4-12-29-13-15-30(16-14-29)25(31)19-9-7-18(8-10-19)23-21-17-32-22-6-2-1-5-20(22)24(21)28-27-23/h1-2,5-10,21,23-24,27-28H,3-4,12-17H2. The highest BCUT2D eigenvalue weighted by atomic mass is 16.5. The van der Waals surface area contributed by atoms with E-state index in [-0.39, 0.29) is 18.0 Å². The molecule has 3 aliphatic heterocycles. The van der Waals surface area contributed by atoms with E-state index in [2.05, 4.69) is 40.0 Å². The van der Waals surface area contributed by atoms with Crippen LogP contribution in [-0.2, 0) is 0 Å². The van der Waals surface area contributed by atoms with Crippen LogP contribution in [0, 0.1) is 17.2 Å². The Balaban J connectivity index is 1.20. The molecule has 2 saturated heterocycles. The molecule has 0 bridgehead atoms. The summed E-state index contributed by atoms with van der Waals surface area (Å²) in [5, 5.41) is 8.69. The predicted molar refractivity (Wildman–Crippen MR) is 121 cm³/mol. The quantitative estimate of drug-likeness (QED) is 0.709. The number of ether oxygens (including phenoxy) is 1. The lowest BCUT2D eigenvalue weighted by atomic mass is 9.84. The third-order valence-corrected chi connectivity index (χ3v) is 6.88. The Morgan fingerprint density at radius 2 is 1.78 bits per heavy atom. The van der Waals surface area contributed by atoms with Crippen LogP contribution in [0.4, 0.5) is 0 Å². The molecular formula is C25H29N5O2. The minimum atomic E-state index is 0.0959. The lowest BCUT2D eigenvalue weighted by molar-refractivity contribution is 0.0636. The maximum Gasteiger partial charge on any atom is 0.253 e. The monoisotopic (exact) mass is 431 g/mol. The largest absolute Gasteiger partial charge is 0.493 e. The number of carbonyl (C=O) groups excluding carboxylic acids is 1. The van der Waals surface area contributed by atoms with Gasteiger partial charge in [-0.2, -0.15) is 5.26 Å². The van der Waals surface area contributed by atoms with Gasteiger partial charge in [0.05, 0.1) is 24.8 Å². The van der Waals surface area contributed by atoms with Crippen molar-refractivity contribution in [2.24, 2.45) is 5.92 Å². The number of hydrogen-bond acceptors (Lipinski definition) is 6. The Bertz CT molecular complexity index is 994. The maximum atomic E-state index is 13.0. The lowest BCUT2D eigenvalue weighted by Gasteiger charge is -2.34. The zero-order chi connectivity index (χ0) is 21.9. The lowest BCUT2D eigenvalue weighted by Crippen LogP contribution is -2.48. The molecule has 3 unspecified atom stereocenters. The first kappa shape index (κ1) is 21.0. The minimum Gasteiger partial charge on any atom is -0.493 e. The van der Waals surface area contributed by atoms with Crippen LogP contribution < -0.4 is 15.6 Å². The molecule has 7 heteroatoms. The summed E-state index contributed by atoms with van der Waals surface area (Å²) in [6.07, 6.45) is 1.49. The summed E-state index contributed by atoms with van der Waals surface area (Å²) in [6.45, 7) is 4.81. The second kappa shape index (κ2) is 9.29. The van der Waals surface area contributed by atoms with Crippen molar-refractivity contribution < 1.29 is 9.53 Å². The van der Waals surface area contributed by atoms with Crippen molar-refractivity contribution in [1.82, 2.24) is 20.7 Å². The number of amides is 1. The summed E-state index contributed by atoms with van der Waals surface area (Å²) in [4.78, 5) is 17.3. The van der Waals surface area contributed by atoms with Crippen LogP contribution in [-0.4, -0.2) is 55.0 Å². The van der Waals surface area contributed by atoms with E-state index in [0.29, 0.717) is 18.9 Å². The topological polar surface area (TPSA) is 80.6 Å². The van der Waals surface area contributed by atoms with E-state index in [1.807, 2.05) is 35.2 Å². The van der Waals surface area contributed by atoms with Crippen molar-refractivity contribution in [1.29, 1.82) is 5.26 Å². The van der Waals surface area contributed by atoms with E-state index in [4.69, 9.17) is 10.00 Å².